The van der Waals surface area contributed by atoms with E-state index >= 15 is 0 Å². The van der Waals surface area contributed by atoms with Gasteiger partial charge in [0.1, 0.15) is 18.2 Å². The molecule has 1 unspecified atom stereocenters. The molecule has 1 N–H and O–H groups in total. The van der Waals surface area contributed by atoms with E-state index < -0.39 is 5.41 Å². The smallest absolute Gasteiger partial charge is 0.235 e. The predicted octanol–water partition coefficient (Wildman–Crippen LogP) is 4.44. The van der Waals surface area contributed by atoms with Gasteiger partial charge in [-0.2, -0.15) is 0 Å². The fraction of sp³-hybridized carbons (Fsp3) is 0.409. The lowest BCUT2D eigenvalue weighted by Gasteiger charge is -2.23. The van der Waals surface area contributed by atoms with Gasteiger partial charge >= 0.3 is 0 Å². The molecule has 2 aromatic rings. The summed E-state index contributed by atoms with van der Waals surface area (Å²) in [4.78, 5) is 12.9. The van der Waals surface area contributed by atoms with Crippen molar-refractivity contribution in [3.63, 3.8) is 0 Å². The molecule has 4 rings (SSSR count). The van der Waals surface area contributed by atoms with Gasteiger partial charge in [0.25, 0.3) is 0 Å². The zero-order valence-corrected chi connectivity index (χ0v) is 15.2. The van der Waals surface area contributed by atoms with Crippen molar-refractivity contribution in [2.24, 2.45) is 0 Å². The maximum Gasteiger partial charge on any atom is 0.235 e. The van der Waals surface area contributed by atoms with Gasteiger partial charge < -0.3 is 14.8 Å². The van der Waals surface area contributed by atoms with Gasteiger partial charge in [0.15, 0.2) is 0 Å². The molecule has 1 saturated heterocycles. The van der Waals surface area contributed by atoms with Crippen LogP contribution in [0, 0.1) is 5.82 Å². The minimum atomic E-state index is -0.773. The number of carbonyl (C=O) groups excluding carboxylic acids is 1. The monoisotopic (exact) mass is 369 g/mol. The molecule has 2 fully saturated rings. The predicted molar refractivity (Wildman–Crippen MR) is 101 cm³/mol. The minimum Gasteiger partial charge on any atom is -0.489 e. The van der Waals surface area contributed by atoms with Crippen LogP contribution >= 0.6 is 0 Å². The van der Waals surface area contributed by atoms with Crippen LogP contribution in [-0.2, 0) is 14.9 Å². The highest BCUT2D eigenvalue weighted by molar-refractivity contribution is 6.02. The first-order chi connectivity index (χ1) is 13.2. The van der Waals surface area contributed by atoms with E-state index in [-0.39, 0.29) is 17.8 Å². The van der Waals surface area contributed by atoms with Crippen LogP contribution in [0.5, 0.6) is 5.75 Å². The lowest BCUT2D eigenvalue weighted by molar-refractivity contribution is -0.118. The maximum atomic E-state index is 14.2. The Morgan fingerprint density at radius 3 is 2.67 bits per heavy atom. The molecule has 0 bridgehead atoms. The average molecular weight is 369 g/mol. The van der Waals surface area contributed by atoms with Crippen LogP contribution in [0.4, 0.5) is 10.1 Å². The van der Waals surface area contributed by atoms with Gasteiger partial charge in [-0.25, -0.2) is 4.39 Å². The second-order valence-electron chi connectivity index (χ2n) is 7.31. The number of halogens is 1. The molecule has 2 aliphatic rings. The zero-order chi connectivity index (χ0) is 18.7. The third kappa shape index (κ3) is 3.83. The Hall–Kier alpha value is -2.40. The Morgan fingerprint density at radius 2 is 1.93 bits per heavy atom. The molecule has 1 heterocycles. The largest absolute Gasteiger partial charge is 0.489 e. The molecule has 0 spiro atoms. The topological polar surface area (TPSA) is 47.6 Å². The van der Waals surface area contributed by atoms with Crippen molar-refractivity contribution in [2.75, 3.05) is 18.5 Å². The van der Waals surface area contributed by atoms with Crippen molar-refractivity contribution in [3.05, 3.63) is 59.9 Å². The van der Waals surface area contributed by atoms with Crippen molar-refractivity contribution >= 4 is 11.6 Å². The molecule has 1 atom stereocenters. The number of ether oxygens (including phenoxy) is 2. The molecule has 0 aromatic heterocycles. The van der Waals surface area contributed by atoms with E-state index in [1.54, 1.807) is 18.2 Å². The summed E-state index contributed by atoms with van der Waals surface area (Å²) in [5.41, 5.74) is 0.308. The molecule has 1 saturated carbocycles. The Balaban J connectivity index is 1.46. The van der Waals surface area contributed by atoms with Crippen molar-refractivity contribution < 1.29 is 18.7 Å². The molecule has 0 radical (unpaired) electrons. The standard InChI is InChI=1S/C22H24FNO3/c23-18-9-2-1-8-17(18)22(12-13-22)21(25)24-19-10-3-4-11-20(19)27-15-16-7-5-6-14-26-16/h1-4,8-11,16H,5-7,12-15H2,(H,24,25). The highest BCUT2D eigenvalue weighted by Crippen LogP contribution is 2.50. The van der Waals surface area contributed by atoms with Crippen LogP contribution in [0.25, 0.3) is 0 Å². The Kier molecular flexibility index (Phi) is 5.12. The van der Waals surface area contributed by atoms with Gasteiger partial charge in [0.05, 0.1) is 17.2 Å². The number of carbonyl (C=O) groups is 1. The van der Waals surface area contributed by atoms with Crippen LogP contribution < -0.4 is 10.1 Å². The second kappa shape index (κ2) is 7.69. The molecule has 1 aliphatic heterocycles. The fourth-order valence-corrected chi connectivity index (χ4v) is 3.65. The molecule has 27 heavy (non-hydrogen) atoms. The first-order valence-corrected chi connectivity index (χ1v) is 9.59. The quantitative estimate of drug-likeness (QED) is 0.819. The molecule has 1 amide bonds. The minimum absolute atomic E-state index is 0.0932. The lowest BCUT2D eigenvalue weighted by Crippen LogP contribution is -2.29. The fourth-order valence-electron chi connectivity index (χ4n) is 3.65. The molecular weight excluding hydrogens is 345 g/mol. The molecule has 2 aromatic carbocycles. The number of hydrogen-bond donors (Lipinski definition) is 1. The summed E-state index contributed by atoms with van der Waals surface area (Å²) in [6.07, 6.45) is 4.64. The summed E-state index contributed by atoms with van der Waals surface area (Å²) in [5.74, 6) is 0.103. The number of nitrogens with one attached hydrogen (secondary N) is 1. The third-order valence-electron chi connectivity index (χ3n) is 5.41. The molecule has 4 nitrogen and oxygen atoms in total. The highest BCUT2D eigenvalue weighted by Gasteiger charge is 2.52. The van der Waals surface area contributed by atoms with E-state index in [1.165, 1.54) is 6.07 Å². The van der Waals surface area contributed by atoms with Crippen LogP contribution in [0.1, 0.15) is 37.7 Å². The van der Waals surface area contributed by atoms with Gasteiger partial charge in [-0.1, -0.05) is 30.3 Å². The Bertz CT molecular complexity index is 813. The molecule has 142 valence electrons. The molecule has 5 heteroatoms. The van der Waals surface area contributed by atoms with E-state index in [1.807, 2.05) is 24.3 Å². The van der Waals surface area contributed by atoms with Crippen LogP contribution in [0.2, 0.25) is 0 Å². The number of para-hydroxylation sites is 2. The van der Waals surface area contributed by atoms with Gasteiger partial charge in [-0.3, -0.25) is 4.79 Å². The third-order valence-corrected chi connectivity index (χ3v) is 5.41. The first kappa shape index (κ1) is 18.0. The Labute approximate surface area is 158 Å². The van der Waals surface area contributed by atoms with Crippen molar-refractivity contribution in [1.82, 2.24) is 0 Å². The number of benzene rings is 2. The van der Waals surface area contributed by atoms with Gasteiger partial charge in [0, 0.05) is 12.2 Å². The van der Waals surface area contributed by atoms with Gasteiger partial charge in [0.2, 0.25) is 5.91 Å². The van der Waals surface area contributed by atoms with Crippen LogP contribution in [0.15, 0.2) is 48.5 Å². The number of amides is 1. The maximum absolute atomic E-state index is 14.2. The summed E-state index contributed by atoms with van der Waals surface area (Å²) in [5, 5.41) is 2.96. The lowest BCUT2D eigenvalue weighted by atomic mass is 9.94. The van der Waals surface area contributed by atoms with Crippen LogP contribution in [0.3, 0.4) is 0 Å². The van der Waals surface area contributed by atoms with Crippen molar-refractivity contribution in [3.8, 4) is 5.75 Å². The second-order valence-corrected chi connectivity index (χ2v) is 7.31. The summed E-state index contributed by atoms with van der Waals surface area (Å²) in [6, 6.07) is 13.9. The number of rotatable bonds is 6. The summed E-state index contributed by atoms with van der Waals surface area (Å²) < 4.78 is 25.8. The summed E-state index contributed by atoms with van der Waals surface area (Å²) in [6.45, 7) is 1.24. The molecule has 1 aliphatic carbocycles. The van der Waals surface area contributed by atoms with Crippen LogP contribution in [-0.4, -0.2) is 25.2 Å². The molecular formula is C22H24FNO3. The zero-order valence-electron chi connectivity index (χ0n) is 15.2. The normalized spacial score (nSPS) is 20.7. The average Bonchev–Trinajstić information content (AvgIpc) is 3.50. The first-order valence-electron chi connectivity index (χ1n) is 9.59. The van der Waals surface area contributed by atoms with E-state index in [0.29, 0.717) is 36.4 Å². The van der Waals surface area contributed by atoms with Crippen molar-refractivity contribution in [2.45, 2.75) is 43.6 Å². The summed E-state index contributed by atoms with van der Waals surface area (Å²) in [7, 11) is 0. The van der Waals surface area contributed by atoms with Gasteiger partial charge in [-0.15, -0.1) is 0 Å². The van der Waals surface area contributed by atoms with Gasteiger partial charge in [-0.05, 0) is 50.3 Å². The summed E-state index contributed by atoms with van der Waals surface area (Å²) >= 11 is 0. The SMILES string of the molecule is O=C(Nc1ccccc1OCC1CCCCO1)C1(c2ccccc2F)CC1. The number of anilines is 1. The van der Waals surface area contributed by atoms with E-state index in [4.69, 9.17) is 9.47 Å². The van der Waals surface area contributed by atoms with E-state index in [9.17, 15) is 9.18 Å². The highest BCUT2D eigenvalue weighted by atomic mass is 19.1. The van der Waals surface area contributed by atoms with Crippen molar-refractivity contribution in [1.29, 1.82) is 0 Å². The Morgan fingerprint density at radius 1 is 1.15 bits per heavy atom. The van der Waals surface area contributed by atoms with E-state index in [0.717, 1.165) is 25.9 Å². The van der Waals surface area contributed by atoms with E-state index in [2.05, 4.69) is 5.32 Å². The number of hydrogen-bond acceptors (Lipinski definition) is 3.